The monoisotopic (exact) mass is 448 g/mol. The number of benzene rings is 2. The predicted molar refractivity (Wildman–Crippen MR) is 124 cm³/mol. The van der Waals surface area contributed by atoms with E-state index in [1.807, 2.05) is 48.2 Å². The Labute approximate surface area is 189 Å². The van der Waals surface area contributed by atoms with Crippen LogP contribution in [0, 0.1) is 24.7 Å². The summed E-state index contributed by atoms with van der Waals surface area (Å²) in [5.74, 6) is 1.10. The molecule has 1 saturated heterocycles. The van der Waals surface area contributed by atoms with Crippen LogP contribution in [0.1, 0.15) is 43.5 Å². The number of hydrogen-bond donors (Lipinski definition) is 0. The van der Waals surface area contributed by atoms with Gasteiger partial charge in [0.05, 0.1) is 21.6 Å². The molecule has 2 aliphatic heterocycles. The van der Waals surface area contributed by atoms with Crippen LogP contribution in [0.2, 0.25) is 0 Å². The molecule has 1 unspecified atom stereocenters. The largest absolute Gasteiger partial charge is 0.331 e. The summed E-state index contributed by atoms with van der Waals surface area (Å²) in [7, 11) is -3.84. The van der Waals surface area contributed by atoms with E-state index in [4.69, 9.17) is 0 Å². The molecule has 1 spiro atoms. The first-order valence-electron chi connectivity index (χ1n) is 11.5. The highest BCUT2D eigenvalue weighted by atomic mass is 32.2. The van der Waals surface area contributed by atoms with Crippen LogP contribution in [0.25, 0.3) is 10.9 Å². The summed E-state index contributed by atoms with van der Waals surface area (Å²) in [5.41, 5.74) is 3.15. The van der Waals surface area contributed by atoms with E-state index in [1.165, 1.54) is 0 Å². The molecule has 3 aromatic rings. The van der Waals surface area contributed by atoms with Crippen molar-refractivity contribution >= 4 is 26.8 Å². The van der Waals surface area contributed by atoms with Gasteiger partial charge < -0.3 is 4.90 Å². The average molecular weight is 449 g/mol. The molecule has 6 rings (SSSR count). The van der Waals surface area contributed by atoms with Gasteiger partial charge >= 0.3 is 0 Å². The van der Waals surface area contributed by atoms with Crippen LogP contribution in [0.4, 0.5) is 0 Å². The van der Waals surface area contributed by atoms with E-state index < -0.39 is 15.6 Å². The second kappa shape index (κ2) is 6.47. The first-order chi connectivity index (χ1) is 15.3. The second-order valence-corrected chi connectivity index (χ2v) is 11.8. The van der Waals surface area contributed by atoms with Crippen molar-refractivity contribution in [3.8, 4) is 0 Å². The quantitative estimate of drug-likeness (QED) is 0.581. The Kier molecular flexibility index (Phi) is 4.05. The number of aromatic nitrogens is 1. The van der Waals surface area contributed by atoms with Crippen molar-refractivity contribution in [3.63, 3.8) is 0 Å². The number of carbonyl (C=O) groups is 1. The van der Waals surface area contributed by atoms with Crippen LogP contribution in [0.3, 0.4) is 0 Å². The fraction of sp³-hybridized carbons (Fsp3) is 0.423. The van der Waals surface area contributed by atoms with Crippen LogP contribution in [0.15, 0.2) is 53.4 Å². The van der Waals surface area contributed by atoms with Gasteiger partial charge in [-0.25, -0.2) is 12.4 Å². The second-order valence-electron chi connectivity index (χ2n) is 10.00. The van der Waals surface area contributed by atoms with Gasteiger partial charge in [-0.2, -0.15) is 0 Å². The summed E-state index contributed by atoms with van der Waals surface area (Å²) in [6.07, 6.45) is 2.02. The Morgan fingerprint density at radius 3 is 2.50 bits per heavy atom. The maximum Gasteiger partial charge on any atom is 0.268 e. The zero-order chi connectivity index (χ0) is 22.4. The van der Waals surface area contributed by atoms with E-state index in [0.29, 0.717) is 36.1 Å². The average Bonchev–Trinajstić information content (AvgIpc) is 3.34. The van der Waals surface area contributed by atoms with Crippen molar-refractivity contribution < 1.29 is 13.2 Å². The third-order valence-corrected chi connectivity index (χ3v) is 10.2. The number of para-hydroxylation sites is 1. The van der Waals surface area contributed by atoms with E-state index in [1.54, 1.807) is 16.1 Å². The normalized spacial score (nSPS) is 29.3. The molecule has 166 valence electrons. The highest BCUT2D eigenvalue weighted by molar-refractivity contribution is 7.90. The van der Waals surface area contributed by atoms with E-state index in [9.17, 15) is 13.2 Å². The van der Waals surface area contributed by atoms with E-state index in [0.717, 1.165) is 34.1 Å². The molecule has 1 aliphatic carbocycles. The number of carbonyl (C=O) groups excluding carboxylic acids is 1. The lowest BCUT2D eigenvalue weighted by Crippen LogP contribution is -2.51. The van der Waals surface area contributed by atoms with E-state index in [-0.39, 0.29) is 11.8 Å². The molecule has 0 radical (unpaired) electrons. The van der Waals surface area contributed by atoms with Crippen LogP contribution < -0.4 is 0 Å². The van der Waals surface area contributed by atoms with Gasteiger partial charge in [0, 0.05) is 18.4 Å². The summed E-state index contributed by atoms with van der Waals surface area (Å²) in [6, 6.07) is 14.9. The van der Waals surface area contributed by atoms with Gasteiger partial charge in [0.15, 0.2) is 0 Å². The Hall–Kier alpha value is -2.60. The van der Waals surface area contributed by atoms with Crippen molar-refractivity contribution in [1.82, 2.24) is 8.87 Å². The van der Waals surface area contributed by atoms with Crippen LogP contribution in [0.5, 0.6) is 0 Å². The molecule has 3 aliphatic rings. The fourth-order valence-corrected chi connectivity index (χ4v) is 8.44. The third kappa shape index (κ3) is 2.34. The summed E-state index contributed by atoms with van der Waals surface area (Å²) >= 11 is 0. The smallest absolute Gasteiger partial charge is 0.268 e. The molecule has 2 aromatic carbocycles. The Morgan fingerprint density at radius 2 is 1.75 bits per heavy atom. The van der Waals surface area contributed by atoms with Gasteiger partial charge in [-0.1, -0.05) is 49.7 Å². The minimum Gasteiger partial charge on any atom is -0.331 e. The highest BCUT2D eigenvalue weighted by Gasteiger charge is 2.64. The number of rotatable bonds is 2. The lowest BCUT2D eigenvalue weighted by atomic mass is 9.78. The van der Waals surface area contributed by atoms with Crippen LogP contribution in [-0.4, -0.2) is 29.7 Å². The van der Waals surface area contributed by atoms with Gasteiger partial charge in [-0.05, 0) is 61.3 Å². The standard InChI is InChI=1S/C26H28N2O3S/c1-16-8-10-19(11-9-16)32(30,31)28-23-7-5-4-6-20(23)21-12-13-27-24(29)14-22-18(3)17(2)15-26(22,27)25(21)28/h4-11,17-18,22H,12-15H2,1-3H3/t17-,18+,22-,26?/m0/s1. The molecule has 4 atom stereocenters. The van der Waals surface area contributed by atoms with E-state index in [2.05, 4.69) is 13.8 Å². The van der Waals surface area contributed by atoms with Gasteiger partial charge in [0.2, 0.25) is 5.91 Å². The lowest BCUT2D eigenvalue weighted by molar-refractivity contribution is -0.132. The minimum atomic E-state index is -3.84. The molecule has 2 fully saturated rings. The molecule has 1 saturated carbocycles. The van der Waals surface area contributed by atoms with Crippen molar-refractivity contribution in [3.05, 3.63) is 65.4 Å². The van der Waals surface area contributed by atoms with Gasteiger partial charge in [-0.15, -0.1) is 0 Å². The predicted octanol–water partition coefficient (Wildman–Crippen LogP) is 4.46. The summed E-state index contributed by atoms with van der Waals surface area (Å²) in [5, 5.41) is 0.998. The molecule has 0 bridgehead atoms. The Morgan fingerprint density at radius 1 is 1.03 bits per heavy atom. The molecular weight excluding hydrogens is 420 g/mol. The maximum absolute atomic E-state index is 14.2. The van der Waals surface area contributed by atoms with Gasteiger partial charge in [0.25, 0.3) is 10.0 Å². The molecule has 0 N–H and O–H groups in total. The summed E-state index contributed by atoms with van der Waals surface area (Å²) < 4.78 is 29.9. The SMILES string of the molecule is Cc1ccc(S(=O)(=O)n2c3c(c4ccccc42)CCN2C(=O)C[C@H]4[C@H](C)[C@@H](C)CC342)cc1. The molecule has 5 nitrogen and oxygen atoms in total. The summed E-state index contributed by atoms with van der Waals surface area (Å²) in [6.45, 7) is 7.10. The van der Waals surface area contributed by atoms with Crippen molar-refractivity contribution in [2.75, 3.05) is 6.54 Å². The van der Waals surface area contributed by atoms with Crippen molar-refractivity contribution in [2.24, 2.45) is 17.8 Å². The third-order valence-electron chi connectivity index (χ3n) is 8.45. The topological polar surface area (TPSA) is 59.4 Å². The number of aryl methyl sites for hydroxylation is 1. The number of hydrogen-bond acceptors (Lipinski definition) is 3. The maximum atomic E-state index is 14.2. The van der Waals surface area contributed by atoms with Crippen molar-refractivity contribution in [2.45, 2.75) is 50.5 Å². The zero-order valence-electron chi connectivity index (χ0n) is 18.7. The number of nitrogens with zero attached hydrogens (tertiary/aromatic N) is 2. The van der Waals surface area contributed by atoms with Gasteiger partial charge in [-0.3, -0.25) is 4.79 Å². The molecule has 1 aromatic heterocycles. The minimum absolute atomic E-state index is 0.139. The molecule has 32 heavy (non-hydrogen) atoms. The Bertz CT molecular complexity index is 1370. The Balaban J connectivity index is 1.72. The molecule has 3 heterocycles. The molecule has 1 amide bonds. The van der Waals surface area contributed by atoms with Gasteiger partial charge in [0.1, 0.15) is 0 Å². The molecular formula is C26H28N2O3S. The van der Waals surface area contributed by atoms with Crippen LogP contribution >= 0.6 is 0 Å². The highest BCUT2D eigenvalue weighted by Crippen LogP contribution is 2.61. The molecule has 6 heteroatoms. The number of amides is 1. The van der Waals surface area contributed by atoms with E-state index >= 15 is 0 Å². The first kappa shape index (κ1) is 20.0. The van der Waals surface area contributed by atoms with Crippen molar-refractivity contribution in [1.29, 1.82) is 0 Å². The van der Waals surface area contributed by atoms with Crippen LogP contribution in [-0.2, 0) is 26.8 Å². The number of fused-ring (bicyclic) bond motifs is 3. The summed E-state index contributed by atoms with van der Waals surface area (Å²) in [4.78, 5) is 15.4. The first-order valence-corrected chi connectivity index (χ1v) is 13.0. The fourth-order valence-electron chi connectivity index (χ4n) is 6.83. The lowest BCUT2D eigenvalue weighted by Gasteiger charge is -2.44. The zero-order valence-corrected chi connectivity index (χ0v) is 19.5.